The van der Waals surface area contributed by atoms with Crippen LogP contribution < -0.4 is 0 Å². The van der Waals surface area contributed by atoms with Crippen LogP contribution in [0.2, 0.25) is 0 Å². The lowest BCUT2D eigenvalue weighted by molar-refractivity contribution is 0.815. The monoisotopic (exact) mass is 484 g/mol. The van der Waals surface area contributed by atoms with Gasteiger partial charge in [0.25, 0.3) is 0 Å². The van der Waals surface area contributed by atoms with Gasteiger partial charge in [-0.25, -0.2) is 0 Å². The van der Waals surface area contributed by atoms with E-state index in [1.807, 2.05) is 6.07 Å². The Morgan fingerprint density at radius 1 is 0.730 bits per heavy atom. The number of aryl methyl sites for hydroxylation is 1. The van der Waals surface area contributed by atoms with Crippen LogP contribution in [0.4, 0.5) is 0 Å². The Bertz CT molecular complexity index is 1310. The predicted octanol–water partition coefficient (Wildman–Crippen LogP) is 10.9. The maximum absolute atomic E-state index is 4.43. The van der Waals surface area contributed by atoms with Crippen LogP contribution >= 0.6 is 0 Å². The summed E-state index contributed by atoms with van der Waals surface area (Å²) in [5.41, 5.74) is 10.4. The molecular weight excluding hydrogens is 444 g/mol. The van der Waals surface area contributed by atoms with E-state index in [0.717, 1.165) is 29.6 Å². The van der Waals surface area contributed by atoms with Gasteiger partial charge in [0.05, 0.1) is 0 Å². The number of benzene rings is 3. The Kier molecular flexibility index (Phi) is 10.9. The van der Waals surface area contributed by atoms with Gasteiger partial charge in [-0.05, 0) is 82.0 Å². The first kappa shape index (κ1) is 27.7. The fraction of sp³-hybridized carbons (Fsp3) is 0.189. The van der Waals surface area contributed by atoms with E-state index in [-0.39, 0.29) is 0 Å². The van der Waals surface area contributed by atoms with Crippen LogP contribution in [-0.4, -0.2) is 0 Å². The molecule has 188 valence electrons. The normalized spacial score (nSPS) is 12.1. The average molecular weight is 485 g/mol. The lowest BCUT2D eigenvalue weighted by atomic mass is 9.92. The minimum Gasteiger partial charge on any atom is -0.0912 e. The maximum atomic E-state index is 4.43. The van der Waals surface area contributed by atoms with Crippen molar-refractivity contribution in [1.29, 1.82) is 0 Å². The summed E-state index contributed by atoms with van der Waals surface area (Å²) >= 11 is 0. The molecule has 0 N–H and O–H groups in total. The van der Waals surface area contributed by atoms with Crippen molar-refractivity contribution in [3.05, 3.63) is 151 Å². The number of unbranched alkanes of at least 4 members (excludes halogenated alkanes) is 2. The van der Waals surface area contributed by atoms with Gasteiger partial charge in [-0.2, -0.15) is 0 Å². The second-order valence-corrected chi connectivity index (χ2v) is 9.23. The van der Waals surface area contributed by atoms with Gasteiger partial charge in [0.1, 0.15) is 0 Å². The summed E-state index contributed by atoms with van der Waals surface area (Å²) in [6.45, 7) is 15.2. The Morgan fingerprint density at radius 3 is 2.22 bits per heavy atom. The smallest absolute Gasteiger partial charge is 0.0152 e. The maximum Gasteiger partial charge on any atom is -0.0152 e. The Morgan fingerprint density at radius 2 is 1.49 bits per heavy atom. The number of allylic oxidation sites excluding steroid dienone is 10. The van der Waals surface area contributed by atoms with Gasteiger partial charge < -0.3 is 0 Å². The molecular formula is C37H40. The van der Waals surface area contributed by atoms with Gasteiger partial charge in [0.2, 0.25) is 0 Å². The Hall–Kier alpha value is -3.90. The summed E-state index contributed by atoms with van der Waals surface area (Å²) in [4.78, 5) is 0. The molecule has 0 aliphatic carbocycles. The van der Waals surface area contributed by atoms with E-state index in [1.165, 1.54) is 46.2 Å². The summed E-state index contributed by atoms with van der Waals surface area (Å²) in [6.07, 6.45) is 19.5. The molecule has 0 aliphatic heterocycles. The molecule has 0 atom stereocenters. The van der Waals surface area contributed by atoms with Crippen LogP contribution in [-0.2, 0) is 6.42 Å². The van der Waals surface area contributed by atoms with Crippen molar-refractivity contribution in [1.82, 2.24) is 0 Å². The van der Waals surface area contributed by atoms with Crippen LogP contribution in [0.3, 0.4) is 0 Å². The van der Waals surface area contributed by atoms with E-state index in [9.17, 15) is 0 Å². The standard InChI is InChI=1S/C37H40/c1-6-9-10-11-12-14-18-29(4)34-21-17-22-35(27-34)36-26-25-32(8-3)37(28-36)30(5)23-24-31(7-2)33-19-15-13-16-20-33/h7,11-28H,4-6,8-10H2,1-3H3/b12-11-,18-14-,24-23-,31-7+. The second-order valence-electron chi connectivity index (χ2n) is 9.23. The van der Waals surface area contributed by atoms with E-state index in [2.05, 4.69) is 143 Å². The molecule has 0 aliphatic rings. The molecule has 0 unspecified atom stereocenters. The predicted molar refractivity (Wildman–Crippen MR) is 166 cm³/mol. The van der Waals surface area contributed by atoms with Crippen LogP contribution in [0.1, 0.15) is 62.3 Å². The van der Waals surface area contributed by atoms with Gasteiger partial charge in [0, 0.05) is 0 Å². The molecule has 0 aromatic heterocycles. The largest absolute Gasteiger partial charge is 0.0912 e. The van der Waals surface area contributed by atoms with Gasteiger partial charge in [-0.15, -0.1) is 0 Å². The first-order chi connectivity index (χ1) is 18.1. The zero-order chi connectivity index (χ0) is 26.5. The van der Waals surface area contributed by atoms with Crippen molar-refractivity contribution in [2.45, 2.75) is 46.5 Å². The average Bonchev–Trinajstić information content (AvgIpc) is 2.95. The highest BCUT2D eigenvalue weighted by molar-refractivity contribution is 5.84. The second kappa shape index (κ2) is 14.6. The fourth-order valence-corrected chi connectivity index (χ4v) is 4.30. The van der Waals surface area contributed by atoms with Crippen LogP contribution in [0, 0.1) is 0 Å². The van der Waals surface area contributed by atoms with Crippen LogP contribution in [0.25, 0.3) is 27.8 Å². The molecule has 0 heteroatoms. The summed E-state index contributed by atoms with van der Waals surface area (Å²) in [6, 6.07) is 25.8. The molecule has 37 heavy (non-hydrogen) atoms. The van der Waals surface area contributed by atoms with Gasteiger partial charge >= 0.3 is 0 Å². The number of hydrogen-bond acceptors (Lipinski definition) is 0. The quantitative estimate of drug-likeness (QED) is 0.177. The molecule has 0 heterocycles. The van der Waals surface area contributed by atoms with E-state index in [1.54, 1.807) is 0 Å². The minimum absolute atomic E-state index is 0.963. The summed E-state index contributed by atoms with van der Waals surface area (Å²) in [7, 11) is 0. The molecule has 3 aromatic carbocycles. The topological polar surface area (TPSA) is 0 Å². The molecule has 3 rings (SSSR count). The molecule has 3 aromatic rings. The molecule has 0 radical (unpaired) electrons. The summed E-state index contributed by atoms with van der Waals surface area (Å²) in [5.74, 6) is 0. The van der Waals surface area contributed by atoms with E-state index < -0.39 is 0 Å². The summed E-state index contributed by atoms with van der Waals surface area (Å²) < 4.78 is 0. The first-order valence-electron chi connectivity index (χ1n) is 13.4. The lowest BCUT2D eigenvalue weighted by Gasteiger charge is -2.13. The zero-order valence-corrected chi connectivity index (χ0v) is 22.7. The Balaban J connectivity index is 1.83. The minimum atomic E-state index is 0.963. The molecule has 0 nitrogen and oxygen atoms in total. The first-order valence-corrected chi connectivity index (χ1v) is 13.4. The van der Waals surface area contributed by atoms with Crippen molar-refractivity contribution >= 4 is 16.7 Å². The van der Waals surface area contributed by atoms with Gasteiger partial charge in [-0.3, -0.25) is 0 Å². The zero-order valence-electron chi connectivity index (χ0n) is 22.7. The van der Waals surface area contributed by atoms with Crippen molar-refractivity contribution in [2.75, 3.05) is 0 Å². The molecule has 0 bridgehead atoms. The third kappa shape index (κ3) is 8.05. The molecule has 0 amide bonds. The SMILES string of the molecule is C=C(/C=C\C=C/CCCC)c1cccc(-c2ccc(CC)c(C(=C)/C=C\C(=C/C)c3ccccc3)c2)c1. The van der Waals surface area contributed by atoms with E-state index in [0.29, 0.717) is 0 Å². The number of hydrogen-bond donors (Lipinski definition) is 0. The number of rotatable bonds is 12. The lowest BCUT2D eigenvalue weighted by Crippen LogP contribution is -1.92. The highest BCUT2D eigenvalue weighted by Gasteiger charge is 2.08. The highest BCUT2D eigenvalue weighted by atomic mass is 14.1. The third-order valence-electron chi connectivity index (χ3n) is 6.55. The summed E-state index contributed by atoms with van der Waals surface area (Å²) in [5, 5.41) is 0. The van der Waals surface area contributed by atoms with Gasteiger partial charge in [0.15, 0.2) is 0 Å². The third-order valence-corrected chi connectivity index (χ3v) is 6.55. The van der Waals surface area contributed by atoms with Gasteiger partial charge in [-0.1, -0.05) is 143 Å². The fourth-order valence-electron chi connectivity index (χ4n) is 4.30. The highest BCUT2D eigenvalue weighted by Crippen LogP contribution is 2.30. The van der Waals surface area contributed by atoms with E-state index >= 15 is 0 Å². The Labute approximate surface area is 224 Å². The molecule has 0 saturated carbocycles. The molecule has 0 saturated heterocycles. The van der Waals surface area contributed by atoms with Crippen LogP contribution in [0.5, 0.6) is 0 Å². The van der Waals surface area contributed by atoms with Crippen molar-refractivity contribution < 1.29 is 0 Å². The van der Waals surface area contributed by atoms with Crippen molar-refractivity contribution in [2.24, 2.45) is 0 Å². The van der Waals surface area contributed by atoms with Crippen molar-refractivity contribution in [3.8, 4) is 11.1 Å². The molecule has 0 fully saturated rings. The molecule has 0 spiro atoms. The van der Waals surface area contributed by atoms with Crippen molar-refractivity contribution in [3.63, 3.8) is 0 Å². The van der Waals surface area contributed by atoms with Crippen LogP contribution in [0.15, 0.2) is 128 Å². The van der Waals surface area contributed by atoms with E-state index in [4.69, 9.17) is 0 Å².